The highest BCUT2D eigenvalue weighted by Gasteiger charge is 2.30. The summed E-state index contributed by atoms with van der Waals surface area (Å²) in [6.45, 7) is -0.267. The van der Waals surface area contributed by atoms with Gasteiger partial charge >= 0.3 is 0 Å². The number of hydrogen-bond donors (Lipinski definition) is 1. The van der Waals surface area contributed by atoms with Crippen LogP contribution in [0.5, 0.6) is 5.75 Å². The first kappa shape index (κ1) is 15.5. The van der Waals surface area contributed by atoms with Crippen molar-refractivity contribution >= 4 is 21.6 Å². The standard InChI is InChI=1S/C16H14BrFN4O2/c1-24-12-6-13-19-11(7-23)15(10-5-4-9(18)16(17)20-10)22(13)21-14(12)8-2-3-8/h4-6,8,23H,2-3,7H2,1H3. The lowest BCUT2D eigenvalue weighted by Gasteiger charge is -2.09. The number of hydrogen-bond acceptors (Lipinski definition) is 5. The van der Waals surface area contributed by atoms with Crippen molar-refractivity contribution in [3.8, 4) is 17.1 Å². The van der Waals surface area contributed by atoms with Gasteiger partial charge in [-0.25, -0.2) is 18.9 Å². The second kappa shape index (κ2) is 5.78. The highest BCUT2D eigenvalue weighted by atomic mass is 79.9. The largest absolute Gasteiger partial charge is 0.495 e. The van der Waals surface area contributed by atoms with Crippen molar-refractivity contribution in [2.75, 3.05) is 7.11 Å². The molecular formula is C16H14BrFN4O2. The van der Waals surface area contributed by atoms with Gasteiger partial charge in [-0.15, -0.1) is 0 Å². The molecule has 0 aromatic carbocycles. The first-order chi connectivity index (χ1) is 11.6. The lowest BCUT2D eigenvalue weighted by Crippen LogP contribution is -2.03. The number of aliphatic hydroxyl groups excluding tert-OH is 1. The zero-order valence-electron chi connectivity index (χ0n) is 12.8. The van der Waals surface area contributed by atoms with Crippen LogP contribution in [0.25, 0.3) is 17.0 Å². The summed E-state index contributed by atoms with van der Waals surface area (Å²) in [5.74, 6) is 0.621. The molecule has 1 saturated carbocycles. The van der Waals surface area contributed by atoms with E-state index in [0.717, 1.165) is 18.5 Å². The summed E-state index contributed by atoms with van der Waals surface area (Å²) in [5.41, 5.74) is 2.90. The number of ether oxygens (including phenoxy) is 1. The molecule has 4 rings (SSSR count). The van der Waals surface area contributed by atoms with Gasteiger partial charge in [-0.1, -0.05) is 0 Å². The summed E-state index contributed by atoms with van der Waals surface area (Å²) < 4.78 is 20.7. The summed E-state index contributed by atoms with van der Waals surface area (Å²) in [4.78, 5) is 8.62. The maximum Gasteiger partial charge on any atom is 0.158 e. The average molecular weight is 393 g/mol. The van der Waals surface area contributed by atoms with Crippen LogP contribution in [0.2, 0.25) is 0 Å². The molecule has 0 amide bonds. The Morgan fingerprint density at radius 1 is 1.38 bits per heavy atom. The summed E-state index contributed by atoms with van der Waals surface area (Å²) in [6, 6.07) is 4.67. The molecule has 0 atom stereocenters. The second-order valence-corrected chi connectivity index (χ2v) is 6.43. The van der Waals surface area contributed by atoms with Crippen LogP contribution in [0.3, 0.4) is 0 Å². The molecular weight excluding hydrogens is 379 g/mol. The lowest BCUT2D eigenvalue weighted by molar-refractivity contribution is 0.278. The van der Waals surface area contributed by atoms with E-state index in [1.165, 1.54) is 6.07 Å². The molecule has 1 fully saturated rings. The number of aliphatic hydroxyl groups is 1. The van der Waals surface area contributed by atoms with Crippen molar-refractivity contribution in [2.45, 2.75) is 25.4 Å². The molecule has 8 heteroatoms. The first-order valence-corrected chi connectivity index (χ1v) is 8.31. The molecule has 6 nitrogen and oxygen atoms in total. The van der Waals surface area contributed by atoms with E-state index < -0.39 is 5.82 Å². The minimum absolute atomic E-state index is 0.106. The predicted octanol–water partition coefficient (Wildman–Crippen LogP) is 3.07. The highest BCUT2D eigenvalue weighted by molar-refractivity contribution is 9.10. The van der Waals surface area contributed by atoms with Crippen LogP contribution in [-0.2, 0) is 6.61 Å². The molecule has 0 unspecified atom stereocenters. The number of methoxy groups -OCH3 is 1. The molecule has 1 N–H and O–H groups in total. The Morgan fingerprint density at radius 3 is 2.79 bits per heavy atom. The summed E-state index contributed by atoms with van der Waals surface area (Å²) in [6.07, 6.45) is 2.15. The first-order valence-electron chi connectivity index (χ1n) is 7.52. The zero-order chi connectivity index (χ0) is 16.8. The minimum Gasteiger partial charge on any atom is -0.495 e. The quantitative estimate of drug-likeness (QED) is 0.690. The van der Waals surface area contributed by atoms with Crippen molar-refractivity contribution in [3.05, 3.63) is 40.0 Å². The third kappa shape index (κ3) is 2.46. The number of fused-ring (bicyclic) bond motifs is 1. The molecule has 0 aliphatic heterocycles. The van der Waals surface area contributed by atoms with Crippen LogP contribution in [0.15, 0.2) is 22.8 Å². The van der Waals surface area contributed by atoms with Crippen molar-refractivity contribution in [1.29, 1.82) is 0 Å². The van der Waals surface area contributed by atoms with E-state index in [1.54, 1.807) is 17.7 Å². The van der Waals surface area contributed by atoms with Crippen LogP contribution >= 0.6 is 15.9 Å². The van der Waals surface area contributed by atoms with Gasteiger partial charge in [0.1, 0.15) is 21.7 Å². The minimum atomic E-state index is -0.452. The van der Waals surface area contributed by atoms with Crippen molar-refractivity contribution < 1.29 is 14.2 Å². The molecule has 1 aliphatic carbocycles. The van der Waals surface area contributed by atoms with Crippen LogP contribution in [0.4, 0.5) is 4.39 Å². The average Bonchev–Trinajstić information content (AvgIpc) is 3.37. The van der Waals surface area contributed by atoms with Gasteiger partial charge in [0.25, 0.3) is 0 Å². The molecule has 24 heavy (non-hydrogen) atoms. The number of imidazole rings is 1. The van der Waals surface area contributed by atoms with E-state index in [0.29, 0.717) is 34.4 Å². The summed E-state index contributed by atoms with van der Waals surface area (Å²) in [5, 5.41) is 14.3. The second-order valence-electron chi connectivity index (χ2n) is 5.68. The van der Waals surface area contributed by atoms with E-state index in [4.69, 9.17) is 4.74 Å². The predicted molar refractivity (Wildman–Crippen MR) is 88.3 cm³/mol. The number of aromatic nitrogens is 4. The van der Waals surface area contributed by atoms with Gasteiger partial charge in [0.05, 0.1) is 25.1 Å². The Hall–Kier alpha value is -2.06. The fraction of sp³-hybridized carbons (Fsp3) is 0.312. The SMILES string of the molecule is COc1cc2nc(CO)c(-c3ccc(F)c(Br)n3)n2nc1C1CC1. The molecule has 124 valence electrons. The molecule has 3 heterocycles. The van der Waals surface area contributed by atoms with Gasteiger partial charge in [0.15, 0.2) is 11.5 Å². The lowest BCUT2D eigenvalue weighted by atomic mass is 10.2. The van der Waals surface area contributed by atoms with Crippen LogP contribution in [0, 0.1) is 5.82 Å². The Morgan fingerprint density at radius 2 is 2.17 bits per heavy atom. The number of pyridine rings is 1. The molecule has 0 spiro atoms. The summed E-state index contributed by atoms with van der Waals surface area (Å²) in [7, 11) is 1.61. The fourth-order valence-electron chi connectivity index (χ4n) is 2.74. The van der Waals surface area contributed by atoms with E-state index in [9.17, 15) is 9.50 Å². The van der Waals surface area contributed by atoms with E-state index in [1.807, 2.05) is 6.07 Å². The van der Waals surface area contributed by atoms with Crippen LogP contribution in [-0.4, -0.2) is 31.8 Å². The van der Waals surface area contributed by atoms with Crippen molar-refractivity contribution in [3.63, 3.8) is 0 Å². The van der Waals surface area contributed by atoms with Gasteiger partial charge in [-0.2, -0.15) is 5.10 Å². The van der Waals surface area contributed by atoms with Crippen LogP contribution in [0.1, 0.15) is 30.1 Å². The molecule has 1 aliphatic rings. The normalized spacial score (nSPS) is 14.3. The topological polar surface area (TPSA) is 72.5 Å². The number of halogens is 2. The molecule has 0 radical (unpaired) electrons. The fourth-order valence-corrected chi connectivity index (χ4v) is 3.06. The third-order valence-electron chi connectivity index (χ3n) is 4.05. The van der Waals surface area contributed by atoms with E-state index >= 15 is 0 Å². The van der Waals surface area contributed by atoms with Gasteiger partial charge in [-0.3, -0.25) is 0 Å². The monoisotopic (exact) mass is 392 g/mol. The highest BCUT2D eigenvalue weighted by Crippen LogP contribution is 2.43. The number of rotatable bonds is 4. The Bertz CT molecular complexity index is 939. The van der Waals surface area contributed by atoms with Gasteiger partial charge in [0.2, 0.25) is 0 Å². The Balaban J connectivity index is 1.98. The molecule has 0 bridgehead atoms. The Labute approximate surface area is 145 Å². The Kier molecular flexibility index (Phi) is 3.73. The van der Waals surface area contributed by atoms with Crippen molar-refractivity contribution in [1.82, 2.24) is 19.6 Å². The third-order valence-corrected chi connectivity index (χ3v) is 4.61. The smallest absolute Gasteiger partial charge is 0.158 e. The molecule has 0 saturated heterocycles. The van der Waals surface area contributed by atoms with E-state index in [2.05, 4.69) is 31.0 Å². The van der Waals surface area contributed by atoms with Crippen LogP contribution < -0.4 is 4.74 Å². The maximum absolute atomic E-state index is 13.5. The zero-order valence-corrected chi connectivity index (χ0v) is 14.4. The summed E-state index contributed by atoms with van der Waals surface area (Å²) >= 11 is 3.09. The van der Waals surface area contributed by atoms with Crippen molar-refractivity contribution in [2.24, 2.45) is 0 Å². The molecule has 3 aromatic rings. The van der Waals surface area contributed by atoms with Gasteiger partial charge in [-0.05, 0) is 40.9 Å². The van der Waals surface area contributed by atoms with E-state index in [-0.39, 0.29) is 11.2 Å². The maximum atomic E-state index is 13.5. The van der Waals surface area contributed by atoms with Gasteiger partial charge < -0.3 is 9.84 Å². The van der Waals surface area contributed by atoms with Gasteiger partial charge in [0, 0.05) is 12.0 Å². The molecule has 3 aromatic heterocycles. The number of nitrogens with zero attached hydrogens (tertiary/aromatic N) is 4.